The van der Waals surface area contributed by atoms with E-state index in [0.717, 1.165) is 54.4 Å². The molecule has 0 aliphatic carbocycles. The Morgan fingerprint density at radius 3 is 2.89 bits per heavy atom. The number of morpholine rings is 1. The second kappa shape index (κ2) is 12.6. The van der Waals surface area contributed by atoms with Gasteiger partial charge in [-0.05, 0) is 25.0 Å². The quantitative estimate of drug-likeness (QED) is 0.302. The minimum atomic E-state index is -0.698. The van der Waals surface area contributed by atoms with Crippen LogP contribution in [0.4, 0.5) is 0 Å². The van der Waals surface area contributed by atoms with Crippen molar-refractivity contribution >= 4 is 21.6 Å². The van der Waals surface area contributed by atoms with E-state index in [2.05, 4.69) is 52.8 Å². The maximum Gasteiger partial charge on any atom is 0.260 e. The molecule has 1 aliphatic heterocycles. The predicted molar refractivity (Wildman–Crippen MR) is 143 cm³/mol. The molecule has 2 N–H and O–H groups in total. The average molecular weight is 511 g/mol. The lowest BCUT2D eigenvalue weighted by atomic mass is 9.99. The normalized spacial score (nSPS) is 15.4. The number of aromatic amines is 1. The zero-order valence-corrected chi connectivity index (χ0v) is 21.8. The Balaban J connectivity index is 1.53. The van der Waals surface area contributed by atoms with E-state index in [1.807, 2.05) is 5.38 Å². The molecule has 3 heterocycles. The molecule has 192 valence electrons. The summed E-state index contributed by atoms with van der Waals surface area (Å²) in [6.07, 6.45) is 4.54. The van der Waals surface area contributed by atoms with E-state index in [9.17, 15) is 9.90 Å². The summed E-state index contributed by atoms with van der Waals surface area (Å²) in [6.45, 7) is 10.0. The Kier molecular flexibility index (Phi) is 9.26. The second-order valence-corrected chi connectivity index (χ2v) is 10.1. The van der Waals surface area contributed by atoms with Gasteiger partial charge in [0.15, 0.2) is 0 Å². The summed E-state index contributed by atoms with van der Waals surface area (Å²) >= 11 is 1.48. The molecule has 8 nitrogen and oxygen atoms in total. The summed E-state index contributed by atoms with van der Waals surface area (Å²) in [5.41, 5.74) is 4.15. The van der Waals surface area contributed by atoms with Crippen LogP contribution in [0.5, 0.6) is 0 Å². The molecule has 0 bridgehead atoms. The Morgan fingerprint density at radius 2 is 2.14 bits per heavy atom. The van der Waals surface area contributed by atoms with E-state index in [1.54, 1.807) is 0 Å². The van der Waals surface area contributed by atoms with Crippen molar-refractivity contribution in [2.75, 3.05) is 59.2 Å². The molecule has 0 amide bonds. The largest absolute Gasteiger partial charge is 0.389 e. The van der Waals surface area contributed by atoms with Crippen LogP contribution < -0.4 is 5.56 Å². The highest BCUT2D eigenvalue weighted by Crippen LogP contribution is 2.33. The monoisotopic (exact) mass is 510 g/mol. The first-order valence-corrected chi connectivity index (χ1v) is 13.1. The summed E-state index contributed by atoms with van der Waals surface area (Å²) in [5, 5.41) is 13.1. The molecule has 1 aromatic carbocycles. The zero-order valence-electron chi connectivity index (χ0n) is 21.0. The van der Waals surface area contributed by atoms with E-state index in [0.29, 0.717) is 30.8 Å². The van der Waals surface area contributed by atoms with Gasteiger partial charge in [-0.3, -0.25) is 14.6 Å². The molecule has 9 heteroatoms. The fourth-order valence-corrected chi connectivity index (χ4v) is 5.50. The number of aliphatic hydroxyl groups excluding tert-OH is 1. The number of H-pyrrole nitrogens is 1. The number of aromatic nitrogens is 2. The van der Waals surface area contributed by atoms with Gasteiger partial charge in [-0.25, -0.2) is 4.98 Å². The van der Waals surface area contributed by atoms with Gasteiger partial charge < -0.3 is 19.6 Å². The highest BCUT2D eigenvalue weighted by atomic mass is 32.1. The lowest BCUT2D eigenvalue weighted by Gasteiger charge is -2.30. The van der Waals surface area contributed by atoms with Crippen LogP contribution in [0.1, 0.15) is 17.0 Å². The van der Waals surface area contributed by atoms with Crippen molar-refractivity contribution in [1.82, 2.24) is 19.8 Å². The number of aryl methyl sites for hydroxylation is 2. The van der Waals surface area contributed by atoms with Crippen molar-refractivity contribution in [3.63, 3.8) is 0 Å². The van der Waals surface area contributed by atoms with Crippen LogP contribution in [-0.2, 0) is 16.0 Å². The number of rotatable bonds is 11. The van der Waals surface area contributed by atoms with E-state index < -0.39 is 6.10 Å². The van der Waals surface area contributed by atoms with E-state index in [4.69, 9.17) is 20.9 Å². The van der Waals surface area contributed by atoms with Crippen LogP contribution in [0.25, 0.3) is 21.3 Å². The zero-order chi connectivity index (χ0) is 25.5. The Hall–Kier alpha value is -2.58. The van der Waals surface area contributed by atoms with Gasteiger partial charge >= 0.3 is 0 Å². The molecule has 0 unspecified atom stereocenters. The fourth-order valence-electron chi connectivity index (χ4n) is 4.54. The molecule has 0 spiro atoms. The summed E-state index contributed by atoms with van der Waals surface area (Å²) < 4.78 is 10.8. The number of thiophene rings is 1. The SMILES string of the molecule is C#CCOC[C@H](O)CN(CCN1CCOCC1)Cc1nc2scc(-c3ccc(C)cc3C)c2c(=O)[nH]1. The highest BCUT2D eigenvalue weighted by molar-refractivity contribution is 7.17. The van der Waals surface area contributed by atoms with Gasteiger partial charge in [-0.15, -0.1) is 17.8 Å². The molecule has 1 fully saturated rings. The lowest BCUT2D eigenvalue weighted by molar-refractivity contribution is 0.0132. The molecule has 1 aliphatic rings. The van der Waals surface area contributed by atoms with Crippen LogP contribution in [-0.4, -0.2) is 90.1 Å². The number of nitrogens with zero attached hydrogens (tertiary/aromatic N) is 3. The minimum absolute atomic E-state index is 0.141. The molecular weight excluding hydrogens is 476 g/mol. The van der Waals surface area contributed by atoms with Crippen molar-refractivity contribution in [2.24, 2.45) is 0 Å². The first-order valence-electron chi connectivity index (χ1n) is 12.2. The molecule has 1 atom stereocenters. The van der Waals surface area contributed by atoms with E-state index in [-0.39, 0.29) is 18.8 Å². The predicted octanol–water partition coefficient (Wildman–Crippen LogP) is 2.41. The second-order valence-electron chi connectivity index (χ2n) is 9.22. The van der Waals surface area contributed by atoms with Gasteiger partial charge in [0.05, 0.1) is 37.9 Å². The Labute approximate surface area is 215 Å². The van der Waals surface area contributed by atoms with Gasteiger partial charge in [-0.1, -0.05) is 29.7 Å². The number of fused-ring (bicyclic) bond motifs is 1. The maximum atomic E-state index is 13.2. The molecule has 3 aromatic rings. The van der Waals surface area contributed by atoms with Gasteiger partial charge in [0.25, 0.3) is 5.56 Å². The molecule has 36 heavy (non-hydrogen) atoms. The van der Waals surface area contributed by atoms with Crippen LogP contribution in [0.15, 0.2) is 28.4 Å². The van der Waals surface area contributed by atoms with Crippen molar-refractivity contribution in [1.29, 1.82) is 0 Å². The van der Waals surface area contributed by atoms with Crippen LogP contribution in [0, 0.1) is 26.2 Å². The molecule has 0 saturated carbocycles. The minimum Gasteiger partial charge on any atom is -0.389 e. The van der Waals surface area contributed by atoms with Crippen LogP contribution in [0.2, 0.25) is 0 Å². The molecule has 1 saturated heterocycles. The fraction of sp³-hybridized carbons (Fsp3) is 0.481. The summed E-state index contributed by atoms with van der Waals surface area (Å²) in [7, 11) is 0. The van der Waals surface area contributed by atoms with E-state index in [1.165, 1.54) is 16.9 Å². The number of hydrogen-bond acceptors (Lipinski definition) is 8. The Bertz CT molecular complexity index is 1260. The number of hydrogen-bond donors (Lipinski definition) is 2. The van der Waals surface area contributed by atoms with Crippen LogP contribution in [0.3, 0.4) is 0 Å². The first kappa shape index (κ1) is 26.5. The number of ether oxygens (including phenoxy) is 2. The average Bonchev–Trinajstić information content (AvgIpc) is 3.27. The molecular formula is C27H34N4O4S. The molecule has 4 rings (SSSR count). The Morgan fingerprint density at radius 1 is 1.33 bits per heavy atom. The third-order valence-corrected chi connectivity index (χ3v) is 7.21. The first-order chi connectivity index (χ1) is 17.4. The summed E-state index contributed by atoms with van der Waals surface area (Å²) in [4.78, 5) is 26.1. The van der Waals surface area contributed by atoms with E-state index >= 15 is 0 Å². The van der Waals surface area contributed by atoms with Crippen molar-refractivity contribution in [3.8, 4) is 23.5 Å². The van der Waals surface area contributed by atoms with Gasteiger partial charge in [-0.2, -0.15) is 0 Å². The van der Waals surface area contributed by atoms with Crippen molar-refractivity contribution in [2.45, 2.75) is 26.5 Å². The van der Waals surface area contributed by atoms with Gasteiger partial charge in [0.2, 0.25) is 0 Å². The number of benzene rings is 1. The van der Waals surface area contributed by atoms with Gasteiger partial charge in [0, 0.05) is 43.7 Å². The highest BCUT2D eigenvalue weighted by Gasteiger charge is 2.19. The third kappa shape index (κ3) is 6.79. The molecule has 0 radical (unpaired) electrons. The maximum absolute atomic E-state index is 13.2. The standard InChI is InChI=1S/C27H34N4O4S/c1-4-11-35-17-21(32)15-31(8-7-30-9-12-34-13-10-30)16-24-28-26(33)25-23(18-36-27(25)29-24)22-6-5-19(2)14-20(22)3/h1,5-6,14,18,21,32H,7-13,15-17H2,2-3H3,(H,28,29,33)/t21-/m1/s1. The van der Waals surface area contributed by atoms with Crippen molar-refractivity contribution < 1.29 is 14.6 Å². The number of nitrogens with one attached hydrogen (secondary N) is 1. The van der Waals surface area contributed by atoms with Crippen LogP contribution >= 0.6 is 11.3 Å². The topological polar surface area (TPSA) is 90.9 Å². The summed E-state index contributed by atoms with van der Waals surface area (Å²) in [6, 6.07) is 6.25. The van der Waals surface area contributed by atoms with Crippen molar-refractivity contribution in [3.05, 3.63) is 50.9 Å². The lowest BCUT2D eigenvalue weighted by Crippen LogP contribution is -2.43. The molecule has 2 aromatic heterocycles. The smallest absolute Gasteiger partial charge is 0.260 e. The number of terminal acetylenes is 1. The van der Waals surface area contributed by atoms with Gasteiger partial charge in [0.1, 0.15) is 17.3 Å². The summed E-state index contributed by atoms with van der Waals surface area (Å²) in [5.74, 6) is 3.00. The third-order valence-electron chi connectivity index (χ3n) is 6.34. The number of aliphatic hydroxyl groups is 1.